The summed E-state index contributed by atoms with van der Waals surface area (Å²) in [6.45, 7) is 1.67. The van der Waals surface area contributed by atoms with Crippen LogP contribution in [0.15, 0.2) is 18.2 Å². The van der Waals surface area contributed by atoms with Gasteiger partial charge in [0.25, 0.3) is 0 Å². The van der Waals surface area contributed by atoms with E-state index < -0.39 is 16.6 Å². The predicted molar refractivity (Wildman–Crippen MR) is 73.1 cm³/mol. The van der Waals surface area contributed by atoms with E-state index in [-0.39, 0.29) is 27.8 Å². The summed E-state index contributed by atoms with van der Waals surface area (Å²) in [6, 6.07) is 4.96. The molecule has 0 aliphatic carbocycles. The van der Waals surface area contributed by atoms with Crippen molar-refractivity contribution < 1.29 is 13.4 Å². The molecule has 1 aromatic rings. The van der Waals surface area contributed by atoms with Crippen molar-refractivity contribution in [2.24, 2.45) is 5.92 Å². The third-order valence-electron chi connectivity index (χ3n) is 4.39. The number of hydrogen-bond acceptors (Lipinski definition) is 2. The first kappa shape index (κ1) is 13.0. The van der Waals surface area contributed by atoms with Gasteiger partial charge >= 0.3 is 0 Å². The molecule has 102 valence electrons. The Balaban J connectivity index is 1.85. The Kier molecular flexibility index (Phi) is 3.29. The quantitative estimate of drug-likeness (QED) is 0.780. The Labute approximate surface area is 114 Å². The molecular weight excluding hydrogens is 263 g/mol. The van der Waals surface area contributed by atoms with Crippen molar-refractivity contribution in [2.75, 3.05) is 0 Å². The van der Waals surface area contributed by atoms with Crippen molar-refractivity contribution in [3.63, 3.8) is 0 Å². The molecule has 2 atom stereocenters. The molecule has 3 rings (SSSR count). The topological polar surface area (TPSA) is 34.1 Å². The van der Waals surface area contributed by atoms with Crippen LogP contribution in [-0.4, -0.2) is 20.5 Å². The van der Waals surface area contributed by atoms with Gasteiger partial charge < -0.3 is 0 Å². The van der Waals surface area contributed by atoms with Crippen LogP contribution in [0.25, 0.3) is 0 Å². The van der Waals surface area contributed by atoms with Crippen molar-refractivity contribution in [1.82, 2.24) is 0 Å². The Hall–Kier alpha value is -1.03. The molecule has 0 saturated carbocycles. The van der Waals surface area contributed by atoms with Crippen LogP contribution >= 0.6 is 0 Å². The van der Waals surface area contributed by atoms with Crippen LogP contribution in [0.3, 0.4) is 0 Å². The van der Waals surface area contributed by atoms with E-state index in [1.165, 1.54) is 0 Å². The highest BCUT2D eigenvalue weighted by molar-refractivity contribution is 7.86. The smallest absolute Gasteiger partial charge is 0.168 e. The van der Waals surface area contributed by atoms with E-state index in [0.29, 0.717) is 18.4 Å². The van der Waals surface area contributed by atoms with E-state index >= 15 is 0 Å². The average molecular weight is 280 g/mol. The first-order chi connectivity index (χ1) is 9.08. The molecule has 0 spiro atoms. The van der Waals surface area contributed by atoms with Crippen molar-refractivity contribution in [1.29, 1.82) is 0 Å². The summed E-state index contributed by atoms with van der Waals surface area (Å²) >= 11 is 0. The normalized spacial score (nSPS) is 33.4. The Morgan fingerprint density at radius 1 is 1.26 bits per heavy atom. The van der Waals surface area contributed by atoms with Gasteiger partial charge in [0.05, 0.1) is 5.56 Å². The maximum Gasteiger partial charge on any atom is 0.168 e. The maximum atomic E-state index is 14.0. The van der Waals surface area contributed by atoms with Crippen LogP contribution in [0.1, 0.15) is 41.6 Å². The number of Topliss-reactive ketones (excluding diaryl/α,β-unsaturated/α-hetero) is 1. The Morgan fingerprint density at radius 2 is 1.89 bits per heavy atom. The zero-order valence-electron chi connectivity index (χ0n) is 10.9. The number of benzene rings is 1. The number of aryl methyl sites for hydroxylation is 1. The minimum Gasteiger partial charge on any atom is -0.294 e. The summed E-state index contributed by atoms with van der Waals surface area (Å²) in [5.41, 5.74) is 0.713. The van der Waals surface area contributed by atoms with E-state index in [1.807, 2.05) is 0 Å². The van der Waals surface area contributed by atoms with Crippen LogP contribution < -0.4 is 0 Å². The average Bonchev–Trinajstić information content (AvgIpc) is 2.64. The van der Waals surface area contributed by atoms with E-state index in [1.54, 1.807) is 25.1 Å². The number of ketones is 1. The summed E-state index contributed by atoms with van der Waals surface area (Å²) in [7, 11) is -0.768. The number of halogens is 1. The zero-order chi connectivity index (χ0) is 13.6. The minimum absolute atomic E-state index is 0.102. The molecule has 2 unspecified atom stereocenters. The Bertz CT molecular complexity index is 539. The predicted octanol–water partition coefficient (Wildman–Crippen LogP) is 3.01. The maximum absolute atomic E-state index is 14.0. The van der Waals surface area contributed by atoms with Gasteiger partial charge in [-0.15, -0.1) is 0 Å². The lowest BCUT2D eigenvalue weighted by atomic mass is 9.89. The molecule has 0 amide bonds. The van der Waals surface area contributed by atoms with Gasteiger partial charge in [0, 0.05) is 27.2 Å². The van der Waals surface area contributed by atoms with Crippen LogP contribution in [0.2, 0.25) is 0 Å². The second kappa shape index (κ2) is 4.82. The number of fused-ring (bicyclic) bond motifs is 2. The third kappa shape index (κ3) is 2.16. The summed E-state index contributed by atoms with van der Waals surface area (Å²) in [5, 5.41) is 0.307. The molecule has 1 aromatic carbocycles. The molecule has 0 N–H and O–H groups in total. The first-order valence-electron chi connectivity index (χ1n) is 6.76. The highest BCUT2D eigenvalue weighted by Gasteiger charge is 2.43. The molecule has 0 aromatic heterocycles. The summed E-state index contributed by atoms with van der Waals surface area (Å²) < 4.78 is 26.0. The van der Waals surface area contributed by atoms with Crippen molar-refractivity contribution >= 4 is 16.6 Å². The van der Waals surface area contributed by atoms with Gasteiger partial charge in [-0.1, -0.05) is 12.1 Å². The van der Waals surface area contributed by atoms with Gasteiger partial charge in [0.2, 0.25) is 0 Å². The minimum atomic E-state index is -0.768. The fourth-order valence-corrected chi connectivity index (χ4v) is 5.43. The summed E-state index contributed by atoms with van der Waals surface area (Å²) in [5.74, 6) is -0.646. The van der Waals surface area contributed by atoms with Gasteiger partial charge in [-0.05, 0) is 44.2 Å². The Morgan fingerprint density at radius 3 is 2.53 bits per heavy atom. The lowest BCUT2D eigenvalue weighted by Crippen LogP contribution is -2.32. The second-order valence-corrected chi connectivity index (χ2v) is 7.61. The lowest BCUT2D eigenvalue weighted by molar-refractivity contribution is 0.0902. The van der Waals surface area contributed by atoms with E-state index in [9.17, 15) is 13.4 Å². The molecule has 2 heterocycles. The van der Waals surface area contributed by atoms with Crippen LogP contribution in [0, 0.1) is 18.7 Å². The third-order valence-corrected chi connectivity index (χ3v) is 6.56. The largest absolute Gasteiger partial charge is 0.294 e. The SMILES string of the molecule is Cc1cccc(C(=O)C2CC3CCC(C2)S3=O)c1F. The monoisotopic (exact) mass is 280 g/mol. The van der Waals surface area contributed by atoms with Crippen LogP contribution in [-0.2, 0) is 10.8 Å². The fraction of sp³-hybridized carbons (Fsp3) is 0.533. The molecule has 2 fully saturated rings. The molecule has 4 heteroatoms. The van der Waals surface area contributed by atoms with Crippen LogP contribution in [0.4, 0.5) is 4.39 Å². The van der Waals surface area contributed by atoms with Crippen LogP contribution in [0.5, 0.6) is 0 Å². The highest BCUT2D eigenvalue weighted by Crippen LogP contribution is 2.40. The van der Waals surface area contributed by atoms with Gasteiger partial charge in [-0.25, -0.2) is 4.39 Å². The van der Waals surface area contributed by atoms with E-state index in [4.69, 9.17) is 0 Å². The van der Waals surface area contributed by atoms with E-state index in [2.05, 4.69) is 0 Å². The highest BCUT2D eigenvalue weighted by atomic mass is 32.2. The molecule has 2 aliphatic heterocycles. The number of rotatable bonds is 2. The van der Waals surface area contributed by atoms with Crippen molar-refractivity contribution in [3.8, 4) is 0 Å². The van der Waals surface area contributed by atoms with Gasteiger partial charge in [0.1, 0.15) is 5.82 Å². The standard InChI is InChI=1S/C15H17FO2S/c1-9-3-2-4-13(14(9)16)15(17)10-7-11-5-6-12(8-10)19(11)18/h2-4,10-12H,5-8H2,1H3. The van der Waals surface area contributed by atoms with Gasteiger partial charge in [-0.3, -0.25) is 9.00 Å². The number of hydrogen-bond donors (Lipinski definition) is 0. The van der Waals surface area contributed by atoms with Gasteiger partial charge in [-0.2, -0.15) is 0 Å². The molecule has 0 radical (unpaired) electrons. The second-order valence-electron chi connectivity index (χ2n) is 5.62. The first-order valence-corrected chi connectivity index (χ1v) is 8.04. The molecule has 2 bridgehead atoms. The van der Waals surface area contributed by atoms with Crippen molar-refractivity contribution in [2.45, 2.75) is 43.1 Å². The number of carbonyl (C=O) groups excluding carboxylic acids is 1. The van der Waals surface area contributed by atoms with Crippen molar-refractivity contribution in [3.05, 3.63) is 35.1 Å². The lowest BCUT2D eigenvalue weighted by Gasteiger charge is -2.26. The summed E-state index contributed by atoms with van der Waals surface area (Å²) in [6.07, 6.45) is 3.24. The molecule has 2 saturated heterocycles. The zero-order valence-corrected chi connectivity index (χ0v) is 11.7. The molecule has 2 nitrogen and oxygen atoms in total. The molecule has 2 aliphatic rings. The summed E-state index contributed by atoms with van der Waals surface area (Å²) in [4.78, 5) is 12.5. The van der Waals surface area contributed by atoms with Gasteiger partial charge in [0.15, 0.2) is 5.78 Å². The number of carbonyl (C=O) groups is 1. The fourth-order valence-electron chi connectivity index (χ4n) is 3.30. The molecular formula is C15H17FO2S. The van der Waals surface area contributed by atoms with E-state index in [0.717, 1.165) is 12.8 Å². The molecule has 19 heavy (non-hydrogen) atoms.